The molecular formula is C22H23N3O2. The first-order chi connectivity index (χ1) is 13.2. The van der Waals surface area contributed by atoms with Gasteiger partial charge < -0.3 is 4.90 Å². The summed E-state index contributed by atoms with van der Waals surface area (Å²) in [6.45, 7) is 1.64. The van der Waals surface area contributed by atoms with E-state index >= 15 is 0 Å². The Bertz CT molecular complexity index is 1000. The van der Waals surface area contributed by atoms with Gasteiger partial charge in [0, 0.05) is 19.5 Å². The zero-order valence-corrected chi connectivity index (χ0v) is 15.2. The van der Waals surface area contributed by atoms with Gasteiger partial charge in [-0.15, -0.1) is 0 Å². The quantitative estimate of drug-likeness (QED) is 0.750. The molecule has 2 N–H and O–H groups in total. The Hall–Kier alpha value is -3.08. The lowest BCUT2D eigenvalue weighted by Crippen LogP contribution is -2.38. The fourth-order valence-corrected chi connectivity index (χ4v) is 3.90. The highest BCUT2D eigenvalue weighted by Crippen LogP contribution is 2.30. The molecule has 0 radical (unpaired) electrons. The van der Waals surface area contributed by atoms with Gasteiger partial charge in [0.05, 0.1) is 5.56 Å². The van der Waals surface area contributed by atoms with Gasteiger partial charge in [-0.1, -0.05) is 60.7 Å². The van der Waals surface area contributed by atoms with E-state index in [-0.39, 0.29) is 5.56 Å². The van der Waals surface area contributed by atoms with Gasteiger partial charge in [0.2, 0.25) is 0 Å². The number of anilines is 1. The lowest BCUT2D eigenvalue weighted by molar-refractivity contribution is 0.501. The second-order valence-electron chi connectivity index (χ2n) is 7.07. The molecule has 27 heavy (non-hydrogen) atoms. The van der Waals surface area contributed by atoms with Crippen LogP contribution >= 0.6 is 0 Å². The summed E-state index contributed by atoms with van der Waals surface area (Å²) in [5.41, 5.74) is 2.29. The van der Waals surface area contributed by atoms with Crippen molar-refractivity contribution in [2.24, 2.45) is 0 Å². The molecule has 1 aliphatic rings. The van der Waals surface area contributed by atoms with Crippen LogP contribution in [0.15, 0.2) is 70.3 Å². The maximum Gasteiger partial charge on any atom is 0.327 e. The number of piperidine rings is 1. The Morgan fingerprint density at radius 2 is 1.48 bits per heavy atom. The van der Waals surface area contributed by atoms with Crippen molar-refractivity contribution in [2.75, 3.05) is 18.0 Å². The number of hydrogen-bond acceptors (Lipinski definition) is 3. The van der Waals surface area contributed by atoms with Crippen LogP contribution in [0, 0.1) is 0 Å². The fraction of sp³-hybridized carbons (Fsp3) is 0.273. The summed E-state index contributed by atoms with van der Waals surface area (Å²) in [7, 11) is 0. The predicted molar refractivity (Wildman–Crippen MR) is 108 cm³/mol. The Kier molecular flexibility index (Phi) is 4.92. The van der Waals surface area contributed by atoms with Gasteiger partial charge in [-0.2, -0.15) is 0 Å². The summed E-state index contributed by atoms with van der Waals surface area (Å²) in [4.78, 5) is 31.8. The van der Waals surface area contributed by atoms with E-state index < -0.39 is 5.69 Å². The summed E-state index contributed by atoms with van der Waals surface area (Å²) in [6.07, 6.45) is 2.51. The molecule has 4 rings (SSSR count). The van der Waals surface area contributed by atoms with Crippen LogP contribution in [0.4, 0.5) is 5.82 Å². The minimum absolute atomic E-state index is 0.303. The topological polar surface area (TPSA) is 69.0 Å². The van der Waals surface area contributed by atoms with E-state index in [1.54, 1.807) is 0 Å². The average Bonchev–Trinajstić information content (AvgIpc) is 2.71. The second-order valence-corrected chi connectivity index (χ2v) is 7.07. The second kappa shape index (κ2) is 7.66. The van der Waals surface area contributed by atoms with Crippen molar-refractivity contribution in [3.8, 4) is 0 Å². The van der Waals surface area contributed by atoms with Crippen molar-refractivity contribution >= 4 is 5.82 Å². The number of aromatic amines is 2. The van der Waals surface area contributed by atoms with Crippen LogP contribution in [0.2, 0.25) is 0 Å². The molecule has 1 aliphatic heterocycles. The summed E-state index contributed by atoms with van der Waals surface area (Å²) < 4.78 is 0. The highest BCUT2D eigenvalue weighted by Gasteiger charge is 2.24. The van der Waals surface area contributed by atoms with Crippen LogP contribution in [0.1, 0.15) is 35.4 Å². The predicted octanol–water partition coefficient (Wildman–Crippen LogP) is 3.04. The van der Waals surface area contributed by atoms with Gasteiger partial charge in [0.1, 0.15) is 5.82 Å². The molecule has 0 aliphatic carbocycles. The Balaban J connectivity index is 1.59. The van der Waals surface area contributed by atoms with Crippen molar-refractivity contribution < 1.29 is 0 Å². The molecule has 2 aromatic carbocycles. The maximum absolute atomic E-state index is 12.5. The maximum atomic E-state index is 12.5. The van der Waals surface area contributed by atoms with Crippen LogP contribution in [0.5, 0.6) is 0 Å². The molecule has 0 saturated carbocycles. The number of benzene rings is 2. The standard InChI is InChI=1S/C22H23N3O2/c26-21-19(15-16-7-3-1-4-8-16)20(23-22(27)24-21)25-13-11-18(12-14-25)17-9-5-2-6-10-17/h1-10,18H,11-15H2,(H2,23,24,26,27). The van der Waals surface area contributed by atoms with Crippen molar-refractivity contribution in [3.63, 3.8) is 0 Å². The number of nitrogens with one attached hydrogen (secondary N) is 2. The van der Waals surface area contributed by atoms with Crippen molar-refractivity contribution in [1.82, 2.24) is 9.97 Å². The van der Waals surface area contributed by atoms with E-state index in [0.29, 0.717) is 23.7 Å². The van der Waals surface area contributed by atoms with Crippen LogP contribution in [-0.2, 0) is 6.42 Å². The van der Waals surface area contributed by atoms with Gasteiger partial charge in [0.25, 0.3) is 5.56 Å². The molecule has 1 saturated heterocycles. The Labute approximate surface area is 157 Å². The van der Waals surface area contributed by atoms with Gasteiger partial charge in [0.15, 0.2) is 0 Å². The molecule has 1 fully saturated rings. The molecule has 0 atom stereocenters. The molecule has 0 spiro atoms. The zero-order valence-electron chi connectivity index (χ0n) is 15.2. The summed E-state index contributed by atoms with van der Waals surface area (Å²) >= 11 is 0. The zero-order chi connectivity index (χ0) is 18.6. The van der Waals surface area contributed by atoms with E-state index in [2.05, 4.69) is 39.1 Å². The lowest BCUT2D eigenvalue weighted by Gasteiger charge is -2.34. The molecule has 0 bridgehead atoms. The normalized spacial score (nSPS) is 15.0. The first kappa shape index (κ1) is 17.3. The average molecular weight is 361 g/mol. The van der Waals surface area contributed by atoms with Crippen molar-refractivity contribution in [3.05, 3.63) is 98.2 Å². The molecular weight excluding hydrogens is 338 g/mol. The smallest absolute Gasteiger partial charge is 0.327 e. The van der Waals surface area contributed by atoms with E-state index in [0.717, 1.165) is 31.5 Å². The van der Waals surface area contributed by atoms with Gasteiger partial charge in [-0.05, 0) is 29.9 Å². The van der Waals surface area contributed by atoms with Crippen LogP contribution < -0.4 is 16.1 Å². The third kappa shape index (κ3) is 3.87. The van der Waals surface area contributed by atoms with Crippen molar-refractivity contribution in [1.29, 1.82) is 0 Å². The number of H-pyrrole nitrogens is 2. The first-order valence-corrected chi connectivity index (χ1v) is 9.40. The van der Waals surface area contributed by atoms with E-state index in [4.69, 9.17) is 0 Å². The summed E-state index contributed by atoms with van der Waals surface area (Å²) in [6, 6.07) is 20.4. The molecule has 138 valence electrons. The molecule has 0 unspecified atom stereocenters. The minimum atomic E-state index is -0.447. The number of rotatable bonds is 4. The van der Waals surface area contributed by atoms with Gasteiger partial charge in [-0.25, -0.2) is 4.79 Å². The number of aromatic nitrogens is 2. The van der Waals surface area contributed by atoms with E-state index in [1.165, 1.54) is 5.56 Å². The summed E-state index contributed by atoms with van der Waals surface area (Å²) in [5.74, 6) is 1.19. The SMILES string of the molecule is O=c1[nH]c(N2CCC(c3ccccc3)CC2)c(Cc2ccccc2)c(=O)[nH]1. The molecule has 3 aromatic rings. The number of hydrogen-bond donors (Lipinski definition) is 2. The molecule has 5 nitrogen and oxygen atoms in total. The van der Waals surface area contributed by atoms with Crippen LogP contribution in [-0.4, -0.2) is 23.1 Å². The monoisotopic (exact) mass is 361 g/mol. The third-order valence-corrected chi connectivity index (χ3v) is 5.32. The fourth-order valence-electron chi connectivity index (χ4n) is 3.90. The van der Waals surface area contributed by atoms with Crippen molar-refractivity contribution in [2.45, 2.75) is 25.2 Å². The van der Waals surface area contributed by atoms with E-state index in [9.17, 15) is 9.59 Å². The minimum Gasteiger partial charge on any atom is -0.358 e. The molecule has 0 amide bonds. The summed E-state index contributed by atoms with van der Waals surface area (Å²) in [5, 5.41) is 0. The van der Waals surface area contributed by atoms with Gasteiger partial charge in [-0.3, -0.25) is 14.8 Å². The highest BCUT2D eigenvalue weighted by molar-refractivity contribution is 5.48. The molecule has 2 heterocycles. The van der Waals surface area contributed by atoms with Gasteiger partial charge >= 0.3 is 5.69 Å². The Morgan fingerprint density at radius 3 is 2.15 bits per heavy atom. The third-order valence-electron chi connectivity index (χ3n) is 5.32. The highest BCUT2D eigenvalue weighted by atomic mass is 16.2. The van der Waals surface area contributed by atoms with Crippen LogP contribution in [0.25, 0.3) is 0 Å². The lowest BCUT2D eigenvalue weighted by atomic mass is 9.89. The molecule has 5 heteroatoms. The first-order valence-electron chi connectivity index (χ1n) is 9.40. The molecule has 1 aromatic heterocycles. The Morgan fingerprint density at radius 1 is 0.852 bits per heavy atom. The van der Waals surface area contributed by atoms with E-state index in [1.807, 2.05) is 36.4 Å². The van der Waals surface area contributed by atoms with Crippen LogP contribution in [0.3, 0.4) is 0 Å². The largest absolute Gasteiger partial charge is 0.358 e. The number of nitrogens with zero attached hydrogens (tertiary/aromatic N) is 1.